The first-order valence-electron chi connectivity index (χ1n) is 11.2. The van der Waals surface area contributed by atoms with Gasteiger partial charge in [0.15, 0.2) is 11.6 Å². The minimum Gasteiger partial charge on any atom is -0.360 e. The van der Waals surface area contributed by atoms with Crippen molar-refractivity contribution in [2.45, 2.75) is 45.2 Å². The van der Waals surface area contributed by atoms with Gasteiger partial charge in [-0.2, -0.15) is 0 Å². The summed E-state index contributed by atoms with van der Waals surface area (Å²) in [5, 5.41) is 8.58. The molecule has 2 heterocycles. The second-order valence-corrected chi connectivity index (χ2v) is 9.25. The lowest BCUT2D eigenvalue weighted by Crippen LogP contribution is -2.39. The highest BCUT2D eigenvalue weighted by molar-refractivity contribution is 6.37. The van der Waals surface area contributed by atoms with Crippen LogP contribution in [0, 0.1) is 24.5 Å². The Morgan fingerprint density at radius 1 is 1.21 bits per heavy atom. The Balaban J connectivity index is 1.41. The van der Waals surface area contributed by atoms with E-state index in [1.54, 1.807) is 23.6 Å². The SMILES string of the molecule is Cc1onc2c1c(=O)n(CC1CCCC(NC(=O)c3ccc(F)c(F)c3)C1)c1cccc(Cl)c21. The summed E-state index contributed by atoms with van der Waals surface area (Å²) in [6.07, 6.45) is 3.20. The number of pyridine rings is 1. The van der Waals surface area contributed by atoms with Crippen LogP contribution in [0.25, 0.3) is 21.8 Å². The number of amides is 1. The van der Waals surface area contributed by atoms with E-state index < -0.39 is 17.5 Å². The average Bonchev–Trinajstić information content (AvgIpc) is 3.20. The Morgan fingerprint density at radius 2 is 2.03 bits per heavy atom. The summed E-state index contributed by atoms with van der Waals surface area (Å²) < 4.78 is 33.7. The van der Waals surface area contributed by atoms with Gasteiger partial charge in [-0.05, 0) is 62.4 Å². The van der Waals surface area contributed by atoms with Crippen LogP contribution in [0.2, 0.25) is 5.02 Å². The van der Waals surface area contributed by atoms with E-state index in [2.05, 4.69) is 10.5 Å². The number of nitrogens with zero attached hydrogens (tertiary/aromatic N) is 2. The molecule has 34 heavy (non-hydrogen) atoms. The number of rotatable bonds is 4. The lowest BCUT2D eigenvalue weighted by atomic mass is 9.85. The first-order valence-corrected chi connectivity index (χ1v) is 11.5. The third-order valence-electron chi connectivity index (χ3n) is 6.58. The van der Waals surface area contributed by atoms with Crippen LogP contribution in [0.4, 0.5) is 8.78 Å². The third-order valence-corrected chi connectivity index (χ3v) is 6.90. The van der Waals surface area contributed by atoms with Crippen molar-refractivity contribution in [3.8, 4) is 0 Å². The number of nitrogens with one attached hydrogen (secondary N) is 1. The molecule has 0 aliphatic heterocycles. The Morgan fingerprint density at radius 3 is 2.82 bits per heavy atom. The molecule has 6 nitrogen and oxygen atoms in total. The minimum absolute atomic E-state index is 0.0752. The van der Waals surface area contributed by atoms with Crippen molar-refractivity contribution in [2.24, 2.45) is 5.92 Å². The van der Waals surface area contributed by atoms with Crippen molar-refractivity contribution in [3.05, 3.63) is 74.7 Å². The Hall–Kier alpha value is -3.26. The molecule has 4 aromatic rings. The largest absolute Gasteiger partial charge is 0.360 e. The monoisotopic (exact) mass is 485 g/mol. The number of carbonyl (C=O) groups is 1. The lowest BCUT2D eigenvalue weighted by molar-refractivity contribution is 0.0917. The van der Waals surface area contributed by atoms with E-state index in [-0.39, 0.29) is 23.1 Å². The molecule has 0 bridgehead atoms. The Labute approximate surface area is 198 Å². The fourth-order valence-corrected chi connectivity index (χ4v) is 5.20. The molecule has 1 N–H and O–H groups in total. The van der Waals surface area contributed by atoms with E-state index in [0.717, 1.165) is 31.4 Å². The smallest absolute Gasteiger partial charge is 0.264 e. The third kappa shape index (κ3) is 3.96. The van der Waals surface area contributed by atoms with Crippen molar-refractivity contribution in [3.63, 3.8) is 0 Å². The molecular formula is C25H22ClF2N3O3. The summed E-state index contributed by atoms with van der Waals surface area (Å²) >= 11 is 6.48. The zero-order chi connectivity index (χ0) is 24.0. The molecule has 1 aliphatic rings. The van der Waals surface area contributed by atoms with Crippen LogP contribution in [0.3, 0.4) is 0 Å². The summed E-state index contributed by atoms with van der Waals surface area (Å²) in [7, 11) is 0. The quantitative estimate of drug-likeness (QED) is 0.421. The molecule has 5 rings (SSSR count). The molecule has 2 aromatic heterocycles. The number of fused-ring (bicyclic) bond motifs is 3. The fourth-order valence-electron chi connectivity index (χ4n) is 4.94. The van der Waals surface area contributed by atoms with Crippen LogP contribution in [0.1, 0.15) is 41.8 Å². The molecule has 1 amide bonds. The second kappa shape index (κ2) is 8.83. The number of aryl methyl sites for hydroxylation is 1. The van der Waals surface area contributed by atoms with Crippen molar-refractivity contribution >= 4 is 39.3 Å². The molecule has 1 fully saturated rings. The molecule has 9 heteroatoms. The van der Waals surface area contributed by atoms with Crippen LogP contribution in [0.5, 0.6) is 0 Å². The number of hydrogen-bond acceptors (Lipinski definition) is 4. The maximum Gasteiger partial charge on any atom is 0.264 e. The molecular weight excluding hydrogens is 464 g/mol. The highest BCUT2D eigenvalue weighted by Crippen LogP contribution is 2.32. The van der Waals surface area contributed by atoms with E-state index in [9.17, 15) is 18.4 Å². The standard InChI is InChI=1S/C25H22ClF2N3O3/c1-13-21-23(30-34-13)22-17(26)6-3-7-20(22)31(25(21)33)12-14-4-2-5-16(10-14)29-24(32)15-8-9-18(27)19(28)11-15/h3,6-9,11,14,16H,2,4-5,10,12H2,1H3,(H,29,32). The normalized spacial score (nSPS) is 18.5. The zero-order valence-electron chi connectivity index (χ0n) is 18.4. The summed E-state index contributed by atoms with van der Waals surface area (Å²) in [4.78, 5) is 26.0. The van der Waals surface area contributed by atoms with Gasteiger partial charge >= 0.3 is 0 Å². The van der Waals surface area contributed by atoms with Crippen molar-refractivity contribution in [2.75, 3.05) is 0 Å². The molecule has 0 radical (unpaired) electrons. The molecule has 2 unspecified atom stereocenters. The minimum atomic E-state index is -1.06. The molecule has 1 saturated carbocycles. The maximum absolute atomic E-state index is 13.5. The predicted molar refractivity (Wildman–Crippen MR) is 125 cm³/mol. The summed E-state index contributed by atoms with van der Waals surface area (Å²) in [6.45, 7) is 2.15. The fraction of sp³-hybridized carbons (Fsp3) is 0.320. The van der Waals surface area contributed by atoms with Gasteiger partial charge < -0.3 is 14.4 Å². The summed E-state index contributed by atoms with van der Waals surface area (Å²) in [5.74, 6) is -1.93. The molecule has 1 aliphatic carbocycles. The summed E-state index contributed by atoms with van der Waals surface area (Å²) in [6, 6.07) is 8.37. The first-order chi connectivity index (χ1) is 16.3. The number of halogens is 3. The van der Waals surface area contributed by atoms with E-state index in [1.807, 2.05) is 6.07 Å². The van der Waals surface area contributed by atoms with Crippen LogP contribution in [-0.2, 0) is 6.54 Å². The van der Waals surface area contributed by atoms with Crippen molar-refractivity contribution in [1.82, 2.24) is 15.0 Å². The highest BCUT2D eigenvalue weighted by atomic mass is 35.5. The van der Waals surface area contributed by atoms with Gasteiger partial charge in [0.05, 0.1) is 10.5 Å². The summed E-state index contributed by atoms with van der Waals surface area (Å²) in [5.41, 5.74) is 1.04. The van der Waals surface area contributed by atoms with Crippen LogP contribution >= 0.6 is 11.6 Å². The molecule has 176 valence electrons. The molecule has 0 saturated heterocycles. The number of hydrogen-bond donors (Lipinski definition) is 1. The highest BCUT2D eigenvalue weighted by Gasteiger charge is 2.26. The topological polar surface area (TPSA) is 77.1 Å². The number of carbonyl (C=O) groups excluding carboxylic acids is 1. The van der Waals surface area contributed by atoms with Gasteiger partial charge in [0.1, 0.15) is 16.7 Å². The van der Waals surface area contributed by atoms with Gasteiger partial charge in [0, 0.05) is 23.5 Å². The number of benzene rings is 2. The van der Waals surface area contributed by atoms with Gasteiger partial charge in [0.25, 0.3) is 11.5 Å². The van der Waals surface area contributed by atoms with Crippen LogP contribution in [-0.4, -0.2) is 21.7 Å². The van der Waals surface area contributed by atoms with Gasteiger partial charge in [0.2, 0.25) is 0 Å². The van der Waals surface area contributed by atoms with Crippen molar-refractivity contribution in [1.29, 1.82) is 0 Å². The lowest BCUT2D eigenvalue weighted by Gasteiger charge is -2.30. The van der Waals surface area contributed by atoms with Gasteiger partial charge in [-0.15, -0.1) is 0 Å². The number of aromatic nitrogens is 2. The second-order valence-electron chi connectivity index (χ2n) is 8.84. The van der Waals surface area contributed by atoms with E-state index in [1.165, 1.54) is 6.07 Å². The van der Waals surface area contributed by atoms with Gasteiger partial charge in [-0.1, -0.05) is 29.2 Å². The van der Waals surface area contributed by atoms with E-state index in [4.69, 9.17) is 16.1 Å². The Kier molecular flexibility index (Phi) is 5.85. The van der Waals surface area contributed by atoms with Crippen LogP contribution in [0.15, 0.2) is 45.7 Å². The van der Waals surface area contributed by atoms with E-state index in [0.29, 0.717) is 45.6 Å². The average molecular weight is 486 g/mol. The maximum atomic E-state index is 13.5. The predicted octanol–water partition coefficient (Wildman–Crippen LogP) is 5.37. The van der Waals surface area contributed by atoms with Crippen molar-refractivity contribution < 1.29 is 18.1 Å². The zero-order valence-corrected chi connectivity index (χ0v) is 19.2. The molecule has 2 atom stereocenters. The van der Waals surface area contributed by atoms with Gasteiger partial charge in [-0.25, -0.2) is 8.78 Å². The Bertz CT molecular complexity index is 1480. The van der Waals surface area contributed by atoms with Crippen LogP contribution < -0.4 is 10.9 Å². The van der Waals surface area contributed by atoms with Gasteiger partial charge in [-0.3, -0.25) is 9.59 Å². The van der Waals surface area contributed by atoms with E-state index >= 15 is 0 Å². The molecule has 2 aromatic carbocycles. The first kappa shape index (κ1) is 22.5. The molecule has 0 spiro atoms.